The Morgan fingerprint density at radius 3 is 1.88 bits per heavy atom. The molecular formula is CH4N6O. The molecule has 0 saturated heterocycles. The summed E-state index contributed by atoms with van der Waals surface area (Å²) in [4.78, 5) is 9.99. The lowest BCUT2D eigenvalue weighted by molar-refractivity contribution is 0.240. The lowest BCUT2D eigenvalue weighted by Crippen LogP contribution is -2.26. The predicted octanol–water partition coefficient (Wildman–Crippen LogP) is 0.178. The Bertz CT molecular complexity index is 95.1. The molecule has 7 nitrogen and oxygen atoms in total. The van der Waals surface area contributed by atoms with E-state index in [9.17, 15) is 4.79 Å². The normalized spacial score (nSPS) is 7.00. The first-order valence-electron chi connectivity index (χ1n) is 1.60. The fourth-order valence-electron chi connectivity index (χ4n) is 0.127. The minimum absolute atomic E-state index is 0.796. The van der Waals surface area contributed by atoms with Gasteiger partial charge in [0, 0.05) is 0 Å². The van der Waals surface area contributed by atoms with E-state index in [4.69, 9.17) is 11.1 Å². The van der Waals surface area contributed by atoms with Crippen molar-refractivity contribution < 1.29 is 4.79 Å². The van der Waals surface area contributed by atoms with Crippen LogP contribution in [-0.4, -0.2) is 6.03 Å². The standard InChI is InChI=1S/CH4N6O/c2-6-4-1(8)5-7-3/h(H4,2,3,4,5,8). The molecule has 0 spiro atoms. The number of rotatable bonds is 2. The zero-order valence-corrected chi connectivity index (χ0v) is 3.80. The van der Waals surface area contributed by atoms with Gasteiger partial charge in [0.05, 0.1) is 0 Å². The first-order chi connectivity index (χ1) is 3.81. The minimum atomic E-state index is -0.796. The second-order valence-electron chi connectivity index (χ2n) is 0.776. The molecule has 2 amide bonds. The molecule has 0 rings (SSSR count). The van der Waals surface area contributed by atoms with Gasteiger partial charge in [-0.2, -0.15) is 11.1 Å². The van der Waals surface area contributed by atoms with Gasteiger partial charge in [0.1, 0.15) is 0 Å². The van der Waals surface area contributed by atoms with E-state index < -0.39 is 6.03 Å². The van der Waals surface area contributed by atoms with Crippen molar-refractivity contribution >= 4 is 6.03 Å². The van der Waals surface area contributed by atoms with Crippen molar-refractivity contribution in [3.63, 3.8) is 0 Å². The van der Waals surface area contributed by atoms with Crippen LogP contribution >= 0.6 is 0 Å². The molecule has 44 valence electrons. The first-order valence-corrected chi connectivity index (χ1v) is 1.60. The van der Waals surface area contributed by atoms with Gasteiger partial charge in [-0.05, 0) is 0 Å². The van der Waals surface area contributed by atoms with E-state index in [1.807, 2.05) is 0 Å². The molecule has 0 aromatic carbocycles. The summed E-state index contributed by atoms with van der Waals surface area (Å²) in [7, 11) is 0. The van der Waals surface area contributed by atoms with E-state index in [1.165, 1.54) is 0 Å². The number of nitrogens with one attached hydrogen (secondary N) is 4. The Kier molecular flexibility index (Phi) is 2.95. The highest BCUT2D eigenvalue weighted by Crippen LogP contribution is 1.61. The Labute approximate surface area is 44.4 Å². The highest BCUT2D eigenvalue weighted by Gasteiger charge is 1.90. The van der Waals surface area contributed by atoms with Gasteiger partial charge >= 0.3 is 6.03 Å². The predicted molar refractivity (Wildman–Crippen MR) is 22.0 cm³/mol. The van der Waals surface area contributed by atoms with Crippen molar-refractivity contribution in [1.29, 1.82) is 11.1 Å². The second kappa shape index (κ2) is 3.65. The first kappa shape index (κ1) is 6.47. The number of carbonyl (C=O) groups is 1. The van der Waals surface area contributed by atoms with Crippen LogP contribution in [0.4, 0.5) is 4.79 Å². The minimum Gasteiger partial charge on any atom is -0.245 e. The van der Waals surface area contributed by atoms with Gasteiger partial charge in [-0.25, -0.2) is 15.6 Å². The maximum atomic E-state index is 9.99. The van der Waals surface area contributed by atoms with Crippen LogP contribution in [0.1, 0.15) is 0 Å². The Balaban J connectivity index is 3.32. The van der Waals surface area contributed by atoms with Crippen molar-refractivity contribution in [3.8, 4) is 0 Å². The van der Waals surface area contributed by atoms with Crippen molar-refractivity contribution in [3.05, 3.63) is 0 Å². The van der Waals surface area contributed by atoms with Crippen LogP contribution in [0.3, 0.4) is 0 Å². The topological polar surface area (TPSA) is 114 Å². The number of urea groups is 1. The molecule has 7 heteroatoms. The molecule has 0 atom stereocenters. The number of nitrogens with zero attached hydrogens (tertiary/aromatic N) is 2. The molecule has 0 unspecified atom stereocenters. The zero-order valence-electron chi connectivity index (χ0n) is 3.80. The van der Waals surface area contributed by atoms with Crippen LogP contribution in [0.2, 0.25) is 0 Å². The monoisotopic (exact) mass is 116 g/mol. The van der Waals surface area contributed by atoms with Gasteiger partial charge < -0.3 is 0 Å². The van der Waals surface area contributed by atoms with Crippen LogP contribution in [-0.2, 0) is 0 Å². The van der Waals surface area contributed by atoms with E-state index in [0.717, 1.165) is 0 Å². The largest absolute Gasteiger partial charge is 0.358 e. The molecule has 0 bridgehead atoms. The number of carbonyl (C=O) groups excluding carboxylic acids is 1. The molecular weight excluding hydrogens is 112 g/mol. The van der Waals surface area contributed by atoms with Gasteiger partial charge in [-0.15, -0.1) is 0 Å². The van der Waals surface area contributed by atoms with Crippen molar-refractivity contribution in [2.75, 3.05) is 0 Å². The molecule has 0 heterocycles. The van der Waals surface area contributed by atoms with Crippen molar-refractivity contribution in [2.24, 2.45) is 10.4 Å². The van der Waals surface area contributed by atoms with Crippen molar-refractivity contribution in [1.82, 2.24) is 10.9 Å². The molecule has 4 N–H and O–H groups in total. The molecule has 0 radical (unpaired) electrons. The molecule has 0 fully saturated rings. The fourth-order valence-corrected chi connectivity index (χ4v) is 0.127. The van der Waals surface area contributed by atoms with E-state index >= 15 is 0 Å². The van der Waals surface area contributed by atoms with Crippen LogP contribution in [0, 0.1) is 11.1 Å². The maximum Gasteiger partial charge on any atom is 0.358 e. The Morgan fingerprint density at radius 2 is 1.62 bits per heavy atom. The SMILES string of the molecule is N=NNC(=O)NN=N. The third-order valence-corrected chi connectivity index (χ3v) is 0.315. The van der Waals surface area contributed by atoms with Gasteiger partial charge in [0.15, 0.2) is 0 Å². The van der Waals surface area contributed by atoms with Gasteiger partial charge in [-0.1, -0.05) is 10.4 Å². The third kappa shape index (κ3) is 2.69. The van der Waals surface area contributed by atoms with Gasteiger partial charge in [-0.3, -0.25) is 0 Å². The van der Waals surface area contributed by atoms with Crippen LogP contribution in [0.15, 0.2) is 10.4 Å². The van der Waals surface area contributed by atoms with Crippen LogP contribution < -0.4 is 10.9 Å². The van der Waals surface area contributed by atoms with E-state index in [-0.39, 0.29) is 0 Å². The summed E-state index contributed by atoms with van der Waals surface area (Å²) in [6.45, 7) is 0. The maximum absolute atomic E-state index is 9.99. The highest BCUT2D eigenvalue weighted by molar-refractivity contribution is 5.72. The Hall–Kier alpha value is -1.53. The lowest BCUT2D eigenvalue weighted by atomic mass is 11.1. The molecule has 0 aromatic rings. The number of amides is 2. The smallest absolute Gasteiger partial charge is 0.245 e. The van der Waals surface area contributed by atoms with Crippen LogP contribution in [0.25, 0.3) is 0 Å². The molecule has 0 aliphatic carbocycles. The van der Waals surface area contributed by atoms with E-state index in [1.54, 1.807) is 10.9 Å². The van der Waals surface area contributed by atoms with Crippen molar-refractivity contribution in [2.45, 2.75) is 0 Å². The summed E-state index contributed by atoms with van der Waals surface area (Å²) in [6.07, 6.45) is 0. The molecule has 0 aliphatic heterocycles. The fraction of sp³-hybridized carbons (Fsp3) is 0. The Morgan fingerprint density at radius 1 is 1.25 bits per heavy atom. The second-order valence-corrected chi connectivity index (χ2v) is 0.776. The summed E-state index contributed by atoms with van der Waals surface area (Å²) in [5, 5.41) is 5.00. The number of hydrogen-bond donors (Lipinski definition) is 4. The number of hydrogen-bond acceptors (Lipinski definition) is 5. The summed E-state index contributed by atoms with van der Waals surface area (Å²) in [5.74, 6) is 0. The summed E-state index contributed by atoms with van der Waals surface area (Å²) >= 11 is 0. The lowest BCUT2D eigenvalue weighted by Gasteiger charge is -1.89. The summed E-state index contributed by atoms with van der Waals surface area (Å²) < 4.78 is 0. The quantitative estimate of drug-likeness (QED) is 0.299. The van der Waals surface area contributed by atoms with E-state index in [0.29, 0.717) is 0 Å². The summed E-state index contributed by atoms with van der Waals surface area (Å²) in [6, 6.07) is -0.796. The molecule has 0 saturated carbocycles. The third-order valence-electron chi connectivity index (χ3n) is 0.315. The average Bonchev–Trinajstić information content (AvgIpc) is 1.68. The molecule has 0 aromatic heterocycles. The van der Waals surface area contributed by atoms with E-state index in [2.05, 4.69) is 10.4 Å². The zero-order chi connectivity index (χ0) is 6.41. The average molecular weight is 116 g/mol. The van der Waals surface area contributed by atoms with Crippen LogP contribution in [0.5, 0.6) is 0 Å². The highest BCUT2D eigenvalue weighted by atomic mass is 16.2. The van der Waals surface area contributed by atoms with Gasteiger partial charge in [0.25, 0.3) is 0 Å². The molecule has 0 aliphatic rings. The van der Waals surface area contributed by atoms with Gasteiger partial charge in [0.2, 0.25) is 0 Å². The summed E-state index contributed by atoms with van der Waals surface area (Å²) in [5.41, 5.74) is 15.5. The molecule has 8 heavy (non-hydrogen) atoms.